The molecule has 0 aliphatic carbocycles. The van der Waals surface area contributed by atoms with Crippen molar-refractivity contribution in [2.24, 2.45) is 0 Å². The summed E-state index contributed by atoms with van der Waals surface area (Å²) >= 11 is 12.6. The molecule has 0 fully saturated rings. The second-order valence-electron chi connectivity index (χ2n) is 6.05. The molecule has 0 spiro atoms. The van der Waals surface area contributed by atoms with Crippen molar-refractivity contribution < 1.29 is 14.6 Å². The van der Waals surface area contributed by atoms with Gasteiger partial charge in [0.25, 0.3) is 0 Å². The lowest BCUT2D eigenvalue weighted by atomic mass is 9.96. The first-order valence-corrected chi connectivity index (χ1v) is 8.51. The zero-order valence-corrected chi connectivity index (χ0v) is 15.8. The monoisotopic (exact) mass is 368 g/mol. The van der Waals surface area contributed by atoms with Crippen LogP contribution >= 0.6 is 23.2 Å². The van der Waals surface area contributed by atoms with Gasteiger partial charge in [-0.05, 0) is 41.7 Å². The average molecular weight is 369 g/mol. The van der Waals surface area contributed by atoms with E-state index in [9.17, 15) is 5.11 Å². The van der Waals surface area contributed by atoms with Crippen molar-refractivity contribution >= 4 is 23.2 Å². The molecule has 0 amide bonds. The van der Waals surface area contributed by atoms with Gasteiger partial charge in [-0.2, -0.15) is 0 Å². The van der Waals surface area contributed by atoms with Gasteiger partial charge in [0.1, 0.15) is 11.5 Å². The Morgan fingerprint density at radius 3 is 2.50 bits per heavy atom. The third kappa shape index (κ3) is 4.15. The molecule has 3 nitrogen and oxygen atoms in total. The molecule has 2 aromatic rings. The van der Waals surface area contributed by atoms with Crippen LogP contribution in [0.4, 0.5) is 0 Å². The van der Waals surface area contributed by atoms with Gasteiger partial charge in [0.2, 0.25) is 0 Å². The van der Waals surface area contributed by atoms with E-state index in [0.717, 1.165) is 22.4 Å². The fourth-order valence-electron chi connectivity index (χ4n) is 2.54. The van der Waals surface area contributed by atoms with E-state index in [1.165, 1.54) is 6.07 Å². The molecule has 0 atom stereocenters. The van der Waals surface area contributed by atoms with Crippen LogP contribution in [-0.4, -0.2) is 19.0 Å². The van der Waals surface area contributed by atoms with Gasteiger partial charge in [-0.1, -0.05) is 49.2 Å². The van der Waals surface area contributed by atoms with Gasteiger partial charge in [0.15, 0.2) is 6.79 Å². The molecule has 0 radical (unpaired) electrons. The number of rotatable bonds is 6. The zero-order chi connectivity index (χ0) is 17.9. The number of benzene rings is 2. The number of hydrogen-bond acceptors (Lipinski definition) is 3. The number of hydrogen-bond donors (Lipinski definition) is 1. The highest BCUT2D eigenvalue weighted by molar-refractivity contribution is 6.36. The van der Waals surface area contributed by atoms with Gasteiger partial charge in [0, 0.05) is 24.1 Å². The van der Waals surface area contributed by atoms with Gasteiger partial charge in [0.05, 0.1) is 5.02 Å². The molecule has 0 heterocycles. The van der Waals surface area contributed by atoms with E-state index in [2.05, 4.69) is 19.9 Å². The highest BCUT2D eigenvalue weighted by Gasteiger charge is 2.15. The van der Waals surface area contributed by atoms with Crippen molar-refractivity contribution in [2.45, 2.75) is 33.1 Å². The largest absolute Gasteiger partial charge is 0.508 e. The maximum absolute atomic E-state index is 9.81. The summed E-state index contributed by atoms with van der Waals surface area (Å²) in [5, 5.41) is 10.8. The summed E-state index contributed by atoms with van der Waals surface area (Å²) in [4.78, 5) is 0. The number of aromatic hydroxyl groups is 1. The number of halogens is 2. The van der Waals surface area contributed by atoms with Crippen molar-refractivity contribution in [1.29, 1.82) is 0 Å². The zero-order valence-electron chi connectivity index (χ0n) is 14.3. The second kappa shape index (κ2) is 8.11. The van der Waals surface area contributed by atoms with Crippen molar-refractivity contribution in [1.82, 2.24) is 0 Å². The van der Waals surface area contributed by atoms with Crippen LogP contribution in [0.5, 0.6) is 11.5 Å². The van der Waals surface area contributed by atoms with Crippen molar-refractivity contribution in [3.63, 3.8) is 0 Å². The first kappa shape index (κ1) is 18.9. The lowest BCUT2D eigenvalue weighted by Gasteiger charge is -2.16. The summed E-state index contributed by atoms with van der Waals surface area (Å²) in [6.45, 7) is 6.22. The van der Waals surface area contributed by atoms with Gasteiger partial charge in [-0.25, -0.2) is 0 Å². The standard InChI is InChI=1S/C19H22Cl2O3/c1-11(2)14-7-13(5-6-18(14)24-10-23-4)8-15-16(20)9-17(22)12(3)19(15)21/h5-7,9,11,22H,8,10H2,1-4H3. The highest BCUT2D eigenvalue weighted by atomic mass is 35.5. The van der Waals surface area contributed by atoms with Gasteiger partial charge in [-0.15, -0.1) is 0 Å². The number of ether oxygens (including phenoxy) is 2. The molecule has 0 bridgehead atoms. The van der Waals surface area contributed by atoms with E-state index in [4.69, 9.17) is 32.7 Å². The second-order valence-corrected chi connectivity index (χ2v) is 6.83. The molecule has 0 unspecified atom stereocenters. The van der Waals surface area contributed by atoms with E-state index >= 15 is 0 Å². The predicted octanol–water partition coefficient (Wildman–Crippen LogP) is 5.70. The Morgan fingerprint density at radius 2 is 1.88 bits per heavy atom. The van der Waals surface area contributed by atoms with Gasteiger partial charge < -0.3 is 14.6 Å². The normalized spacial score (nSPS) is 11.1. The van der Waals surface area contributed by atoms with Crippen LogP contribution < -0.4 is 4.74 Å². The molecular weight excluding hydrogens is 347 g/mol. The Hall–Kier alpha value is -1.42. The van der Waals surface area contributed by atoms with Crippen LogP contribution in [0.3, 0.4) is 0 Å². The van der Waals surface area contributed by atoms with Crippen molar-refractivity contribution in [3.8, 4) is 11.5 Å². The predicted molar refractivity (Wildman–Crippen MR) is 98.7 cm³/mol. The lowest BCUT2D eigenvalue weighted by Crippen LogP contribution is -2.04. The molecule has 24 heavy (non-hydrogen) atoms. The quantitative estimate of drug-likeness (QED) is 0.664. The van der Waals surface area contributed by atoms with E-state index in [1.54, 1.807) is 14.0 Å². The summed E-state index contributed by atoms with van der Waals surface area (Å²) in [5.74, 6) is 1.24. The van der Waals surface area contributed by atoms with E-state index < -0.39 is 0 Å². The number of phenols is 1. The summed E-state index contributed by atoms with van der Waals surface area (Å²) in [6, 6.07) is 7.58. The van der Waals surface area contributed by atoms with E-state index in [0.29, 0.717) is 27.9 Å². The summed E-state index contributed by atoms with van der Waals surface area (Å²) in [5.41, 5.74) is 3.64. The van der Waals surface area contributed by atoms with E-state index in [-0.39, 0.29) is 12.5 Å². The minimum atomic E-state index is 0.111. The third-order valence-electron chi connectivity index (χ3n) is 3.94. The molecule has 2 rings (SSSR count). The Kier molecular flexibility index (Phi) is 6.39. The van der Waals surface area contributed by atoms with Crippen LogP contribution in [-0.2, 0) is 11.2 Å². The third-order valence-corrected chi connectivity index (χ3v) is 4.79. The SMILES string of the molecule is COCOc1ccc(Cc2c(Cl)cc(O)c(C)c2Cl)cc1C(C)C. The summed E-state index contributed by atoms with van der Waals surface area (Å²) < 4.78 is 10.6. The van der Waals surface area contributed by atoms with Crippen LogP contribution in [0.15, 0.2) is 24.3 Å². The molecule has 0 saturated heterocycles. The molecule has 130 valence electrons. The van der Waals surface area contributed by atoms with Crippen LogP contribution in [0.2, 0.25) is 10.0 Å². The fourth-order valence-corrected chi connectivity index (χ4v) is 3.12. The molecule has 0 aliphatic rings. The van der Waals surface area contributed by atoms with Crippen LogP contribution in [0.25, 0.3) is 0 Å². The highest BCUT2D eigenvalue weighted by Crippen LogP contribution is 2.36. The maximum atomic E-state index is 9.81. The van der Waals surface area contributed by atoms with Gasteiger partial charge >= 0.3 is 0 Å². The maximum Gasteiger partial charge on any atom is 0.188 e. The summed E-state index contributed by atoms with van der Waals surface area (Å²) in [6.07, 6.45) is 0.586. The molecule has 0 aromatic heterocycles. The minimum Gasteiger partial charge on any atom is -0.508 e. The minimum absolute atomic E-state index is 0.111. The van der Waals surface area contributed by atoms with Crippen molar-refractivity contribution in [3.05, 3.63) is 56.6 Å². The number of phenolic OH excluding ortho intramolecular Hbond substituents is 1. The molecule has 2 aromatic carbocycles. The molecule has 5 heteroatoms. The first-order valence-electron chi connectivity index (χ1n) is 7.76. The fraction of sp³-hybridized carbons (Fsp3) is 0.368. The molecular formula is C19H22Cl2O3. The van der Waals surface area contributed by atoms with Crippen molar-refractivity contribution in [2.75, 3.05) is 13.9 Å². The Bertz CT molecular complexity index is 727. The Labute approximate surface area is 153 Å². The Morgan fingerprint density at radius 1 is 1.17 bits per heavy atom. The summed E-state index contributed by atoms with van der Waals surface area (Å²) in [7, 11) is 1.60. The smallest absolute Gasteiger partial charge is 0.188 e. The van der Waals surface area contributed by atoms with Crippen LogP contribution in [0, 0.1) is 6.92 Å². The van der Waals surface area contributed by atoms with Crippen LogP contribution in [0.1, 0.15) is 42.0 Å². The lowest BCUT2D eigenvalue weighted by molar-refractivity contribution is 0.0502. The average Bonchev–Trinajstić information content (AvgIpc) is 2.55. The molecule has 1 N–H and O–H groups in total. The van der Waals surface area contributed by atoms with Gasteiger partial charge in [-0.3, -0.25) is 0 Å². The first-order chi connectivity index (χ1) is 11.3. The molecule has 0 aliphatic heterocycles. The topological polar surface area (TPSA) is 38.7 Å². The molecule has 0 saturated carbocycles. The number of methoxy groups -OCH3 is 1. The Balaban J connectivity index is 2.37. The van der Waals surface area contributed by atoms with E-state index in [1.807, 2.05) is 12.1 Å².